The van der Waals surface area contributed by atoms with Crippen molar-refractivity contribution in [2.24, 2.45) is 0 Å². The summed E-state index contributed by atoms with van der Waals surface area (Å²) in [6.07, 6.45) is 5.66. The van der Waals surface area contributed by atoms with Crippen molar-refractivity contribution in [1.29, 1.82) is 0 Å². The highest BCUT2D eigenvalue weighted by Gasteiger charge is 2.11. The summed E-state index contributed by atoms with van der Waals surface area (Å²) in [5.41, 5.74) is 6.95. The largest absolute Gasteiger partial charge is 0.478 e. The number of hydrogen-bond donors (Lipinski definition) is 3. The minimum absolute atomic E-state index is 0.163. The lowest BCUT2D eigenvalue weighted by Crippen LogP contribution is -2.19. The topological polar surface area (TPSA) is 75.3 Å². The van der Waals surface area contributed by atoms with Crippen LogP contribution in [0.5, 0.6) is 0 Å². The maximum atomic E-state index is 11.0. The van der Waals surface area contributed by atoms with Gasteiger partial charge in [-0.15, -0.1) is 0 Å². The molecule has 0 aromatic heterocycles. The van der Waals surface area contributed by atoms with Gasteiger partial charge in [-0.2, -0.15) is 0 Å². The van der Waals surface area contributed by atoms with Gasteiger partial charge >= 0.3 is 5.97 Å². The predicted molar refractivity (Wildman–Crippen MR) is 79.7 cm³/mol. The smallest absolute Gasteiger partial charge is 0.337 e. The van der Waals surface area contributed by atoms with E-state index in [9.17, 15) is 4.79 Å². The maximum absolute atomic E-state index is 11.0. The Balaban J connectivity index is 2.78. The number of nitrogen functional groups attached to an aromatic ring is 1. The fourth-order valence-corrected chi connectivity index (χ4v) is 2.15. The van der Waals surface area contributed by atoms with Crippen LogP contribution in [0.25, 0.3) is 0 Å². The molecule has 0 bridgehead atoms. The molecule has 4 N–H and O–H groups in total. The summed E-state index contributed by atoms with van der Waals surface area (Å²) in [7, 11) is 0. The van der Waals surface area contributed by atoms with Crippen LogP contribution in [-0.4, -0.2) is 17.1 Å². The highest BCUT2D eigenvalue weighted by atomic mass is 16.4. The molecule has 0 saturated carbocycles. The number of carboxylic acids is 1. The van der Waals surface area contributed by atoms with Crippen LogP contribution in [-0.2, 0) is 0 Å². The van der Waals surface area contributed by atoms with Crippen molar-refractivity contribution in [2.45, 2.75) is 52.0 Å². The molecular weight excluding hydrogens is 240 g/mol. The quantitative estimate of drug-likeness (QED) is 0.625. The fraction of sp³-hybridized carbons (Fsp3) is 0.533. The molecule has 0 heterocycles. The monoisotopic (exact) mass is 264 g/mol. The van der Waals surface area contributed by atoms with Crippen LogP contribution in [0, 0.1) is 0 Å². The molecule has 0 radical (unpaired) electrons. The standard InChI is InChI=1S/C15H24N2O2/c1-3-5-7-11(6-4-2)17-12-8-9-14(16)13(10-12)15(18)19/h8-11,17H,3-7,16H2,1-2H3,(H,18,19). The summed E-state index contributed by atoms with van der Waals surface area (Å²) in [6, 6.07) is 5.51. The first-order valence-electron chi connectivity index (χ1n) is 6.97. The van der Waals surface area contributed by atoms with Gasteiger partial charge in [-0.25, -0.2) is 4.79 Å². The second-order valence-electron chi connectivity index (χ2n) is 4.88. The minimum Gasteiger partial charge on any atom is -0.478 e. The third-order valence-electron chi connectivity index (χ3n) is 3.20. The molecule has 19 heavy (non-hydrogen) atoms. The molecule has 4 heteroatoms. The molecule has 0 spiro atoms. The van der Waals surface area contributed by atoms with E-state index >= 15 is 0 Å². The van der Waals surface area contributed by atoms with Crippen molar-refractivity contribution in [3.05, 3.63) is 23.8 Å². The van der Waals surface area contributed by atoms with Gasteiger partial charge in [-0.1, -0.05) is 33.1 Å². The summed E-state index contributed by atoms with van der Waals surface area (Å²) >= 11 is 0. The number of carboxylic acid groups (broad SMARTS) is 1. The van der Waals surface area contributed by atoms with E-state index in [0.717, 1.165) is 24.9 Å². The highest BCUT2D eigenvalue weighted by molar-refractivity contribution is 5.94. The van der Waals surface area contributed by atoms with Gasteiger partial charge in [0, 0.05) is 17.4 Å². The first kappa shape index (κ1) is 15.3. The first-order chi connectivity index (χ1) is 9.08. The number of unbranched alkanes of at least 4 members (excludes halogenated alkanes) is 1. The van der Waals surface area contributed by atoms with Gasteiger partial charge in [0.25, 0.3) is 0 Å². The van der Waals surface area contributed by atoms with Gasteiger partial charge in [0.05, 0.1) is 5.56 Å². The van der Waals surface area contributed by atoms with Crippen LogP contribution >= 0.6 is 0 Å². The average molecular weight is 264 g/mol. The van der Waals surface area contributed by atoms with E-state index in [2.05, 4.69) is 19.2 Å². The highest BCUT2D eigenvalue weighted by Crippen LogP contribution is 2.20. The zero-order valence-electron chi connectivity index (χ0n) is 11.8. The fourth-order valence-electron chi connectivity index (χ4n) is 2.15. The van der Waals surface area contributed by atoms with E-state index in [0.29, 0.717) is 11.7 Å². The van der Waals surface area contributed by atoms with E-state index in [1.54, 1.807) is 12.1 Å². The second-order valence-corrected chi connectivity index (χ2v) is 4.88. The molecule has 1 aromatic carbocycles. The van der Waals surface area contributed by atoms with E-state index < -0.39 is 5.97 Å². The number of carbonyl (C=O) groups is 1. The van der Waals surface area contributed by atoms with Crippen molar-refractivity contribution in [1.82, 2.24) is 0 Å². The third kappa shape index (κ3) is 4.81. The summed E-state index contributed by atoms with van der Waals surface area (Å²) in [4.78, 5) is 11.0. The van der Waals surface area contributed by atoms with Crippen molar-refractivity contribution >= 4 is 17.3 Å². The van der Waals surface area contributed by atoms with Crippen molar-refractivity contribution < 1.29 is 9.90 Å². The Hall–Kier alpha value is -1.71. The molecule has 1 rings (SSSR count). The number of nitrogens with one attached hydrogen (secondary N) is 1. The zero-order chi connectivity index (χ0) is 14.3. The molecule has 0 aliphatic heterocycles. The van der Waals surface area contributed by atoms with Crippen LogP contribution in [0.3, 0.4) is 0 Å². The lowest BCUT2D eigenvalue weighted by Gasteiger charge is -2.19. The van der Waals surface area contributed by atoms with Crippen LogP contribution in [0.15, 0.2) is 18.2 Å². The molecule has 1 unspecified atom stereocenters. The van der Waals surface area contributed by atoms with Crippen LogP contribution in [0.4, 0.5) is 11.4 Å². The molecule has 1 atom stereocenters. The van der Waals surface area contributed by atoms with Crippen molar-refractivity contribution in [3.63, 3.8) is 0 Å². The lowest BCUT2D eigenvalue weighted by atomic mass is 10.0. The second kappa shape index (κ2) is 7.67. The van der Waals surface area contributed by atoms with Crippen molar-refractivity contribution in [2.75, 3.05) is 11.1 Å². The molecule has 0 fully saturated rings. The Bertz CT molecular complexity index is 419. The van der Waals surface area contributed by atoms with Crippen LogP contribution in [0.1, 0.15) is 56.3 Å². The van der Waals surface area contributed by atoms with Gasteiger partial charge in [0.2, 0.25) is 0 Å². The molecule has 0 saturated heterocycles. The Kier molecular flexibility index (Phi) is 6.19. The zero-order valence-corrected chi connectivity index (χ0v) is 11.8. The number of rotatable bonds is 8. The summed E-state index contributed by atoms with van der Waals surface area (Å²) in [5, 5.41) is 12.5. The van der Waals surface area contributed by atoms with Crippen LogP contribution in [0.2, 0.25) is 0 Å². The molecule has 106 valence electrons. The van der Waals surface area contributed by atoms with Gasteiger partial charge in [0.15, 0.2) is 0 Å². The van der Waals surface area contributed by atoms with Gasteiger partial charge < -0.3 is 16.2 Å². The predicted octanol–water partition coefficient (Wildman–Crippen LogP) is 3.74. The Morgan fingerprint density at radius 3 is 2.63 bits per heavy atom. The van der Waals surface area contributed by atoms with Gasteiger partial charge in [-0.3, -0.25) is 0 Å². The number of nitrogens with two attached hydrogens (primary N) is 1. The number of hydrogen-bond acceptors (Lipinski definition) is 3. The van der Waals surface area contributed by atoms with E-state index in [4.69, 9.17) is 10.8 Å². The number of benzene rings is 1. The molecular formula is C15H24N2O2. The molecule has 1 aromatic rings. The summed E-state index contributed by atoms with van der Waals surface area (Å²) in [6.45, 7) is 4.33. The maximum Gasteiger partial charge on any atom is 0.337 e. The van der Waals surface area contributed by atoms with E-state index in [1.165, 1.54) is 12.8 Å². The van der Waals surface area contributed by atoms with Gasteiger partial charge in [0.1, 0.15) is 0 Å². The normalized spacial score (nSPS) is 12.1. The number of aromatic carboxylic acids is 1. The summed E-state index contributed by atoms with van der Waals surface area (Å²) in [5.74, 6) is -0.984. The lowest BCUT2D eigenvalue weighted by molar-refractivity contribution is 0.0698. The Morgan fingerprint density at radius 1 is 1.32 bits per heavy atom. The summed E-state index contributed by atoms with van der Waals surface area (Å²) < 4.78 is 0. The Labute approximate surface area is 115 Å². The van der Waals surface area contributed by atoms with Crippen LogP contribution < -0.4 is 11.1 Å². The minimum atomic E-state index is -0.984. The SMILES string of the molecule is CCCCC(CCC)Nc1ccc(N)c(C(=O)O)c1. The molecule has 0 aliphatic carbocycles. The molecule has 0 aliphatic rings. The molecule has 4 nitrogen and oxygen atoms in total. The third-order valence-corrected chi connectivity index (χ3v) is 3.20. The number of anilines is 2. The average Bonchev–Trinajstić information content (AvgIpc) is 2.38. The van der Waals surface area contributed by atoms with E-state index in [1.807, 2.05) is 6.07 Å². The Morgan fingerprint density at radius 2 is 2.05 bits per heavy atom. The van der Waals surface area contributed by atoms with Gasteiger partial charge in [-0.05, 0) is 31.0 Å². The first-order valence-corrected chi connectivity index (χ1v) is 6.97. The van der Waals surface area contributed by atoms with E-state index in [-0.39, 0.29) is 5.56 Å². The molecule has 0 amide bonds. The van der Waals surface area contributed by atoms with Crippen molar-refractivity contribution in [3.8, 4) is 0 Å².